The van der Waals surface area contributed by atoms with E-state index >= 15 is 0 Å². The van der Waals surface area contributed by atoms with Crippen molar-refractivity contribution in [2.75, 3.05) is 0 Å². The number of benzene rings is 7. The van der Waals surface area contributed by atoms with E-state index in [9.17, 15) is 0 Å². The van der Waals surface area contributed by atoms with E-state index in [2.05, 4.69) is 146 Å². The molecule has 0 N–H and O–H groups in total. The molecular formula is C36H24. The van der Waals surface area contributed by atoms with Gasteiger partial charge in [0.05, 0.1) is 0 Å². The molecule has 7 rings (SSSR count). The summed E-state index contributed by atoms with van der Waals surface area (Å²) in [5, 5.41) is 7.67. The number of hydrogen-bond donors (Lipinski definition) is 0. The molecule has 36 heavy (non-hydrogen) atoms. The molecule has 0 amide bonds. The van der Waals surface area contributed by atoms with Gasteiger partial charge in [-0.2, -0.15) is 0 Å². The molecule has 0 saturated carbocycles. The second-order valence-corrected chi connectivity index (χ2v) is 9.38. The molecular weight excluding hydrogens is 432 g/mol. The molecule has 0 aliphatic rings. The standard InChI is InChI=1S/C36H24/c1-2-10-25(11-3-1)27-20-18-26-19-21-29(23-30(26)22-27)32-14-6-7-16-34(32)36-24-28-12-4-5-13-31(28)33-15-8-9-17-35(33)36/h1-24H. The summed E-state index contributed by atoms with van der Waals surface area (Å²) in [5.74, 6) is 0. The summed E-state index contributed by atoms with van der Waals surface area (Å²) >= 11 is 0. The first-order valence-electron chi connectivity index (χ1n) is 12.4. The lowest BCUT2D eigenvalue weighted by molar-refractivity contribution is 1.61. The second-order valence-electron chi connectivity index (χ2n) is 9.38. The summed E-state index contributed by atoms with van der Waals surface area (Å²) in [6, 6.07) is 52.8. The lowest BCUT2D eigenvalue weighted by atomic mass is 9.88. The normalized spacial score (nSPS) is 11.3. The smallest absolute Gasteiger partial charge is 0.00928 e. The average molecular weight is 457 g/mol. The third-order valence-electron chi connectivity index (χ3n) is 7.24. The number of rotatable bonds is 3. The van der Waals surface area contributed by atoms with Crippen molar-refractivity contribution < 1.29 is 0 Å². The van der Waals surface area contributed by atoms with Crippen molar-refractivity contribution >= 4 is 32.3 Å². The molecule has 0 heterocycles. The van der Waals surface area contributed by atoms with Crippen LogP contribution in [-0.2, 0) is 0 Å². The van der Waals surface area contributed by atoms with Crippen molar-refractivity contribution in [3.8, 4) is 33.4 Å². The highest BCUT2D eigenvalue weighted by molar-refractivity contribution is 6.14. The number of fused-ring (bicyclic) bond motifs is 4. The minimum atomic E-state index is 1.24. The van der Waals surface area contributed by atoms with E-state index in [0.29, 0.717) is 0 Å². The number of hydrogen-bond acceptors (Lipinski definition) is 0. The van der Waals surface area contributed by atoms with Gasteiger partial charge in [-0.1, -0.05) is 127 Å². The zero-order valence-electron chi connectivity index (χ0n) is 19.9. The van der Waals surface area contributed by atoms with Crippen LogP contribution in [0.3, 0.4) is 0 Å². The minimum absolute atomic E-state index is 1.24. The summed E-state index contributed by atoms with van der Waals surface area (Å²) in [5.41, 5.74) is 7.52. The first-order valence-corrected chi connectivity index (χ1v) is 12.4. The fourth-order valence-electron chi connectivity index (χ4n) is 5.47. The largest absolute Gasteiger partial charge is 0.0622 e. The first kappa shape index (κ1) is 20.7. The summed E-state index contributed by atoms with van der Waals surface area (Å²) in [7, 11) is 0. The van der Waals surface area contributed by atoms with Crippen LogP contribution < -0.4 is 0 Å². The SMILES string of the molecule is c1ccc(-c2ccc3ccc(-c4ccccc4-c4cc5ccccc5c5ccccc45)cc3c2)cc1. The monoisotopic (exact) mass is 456 g/mol. The maximum Gasteiger partial charge on any atom is -0.00928 e. The first-order chi connectivity index (χ1) is 17.8. The minimum Gasteiger partial charge on any atom is -0.0622 e. The maximum atomic E-state index is 2.35. The highest BCUT2D eigenvalue weighted by atomic mass is 14.2. The Kier molecular flexibility index (Phi) is 4.89. The topological polar surface area (TPSA) is 0 Å². The van der Waals surface area contributed by atoms with Crippen molar-refractivity contribution in [3.63, 3.8) is 0 Å². The zero-order valence-corrected chi connectivity index (χ0v) is 19.9. The molecule has 0 saturated heterocycles. The molecule has 0 atom stereocenters. The predicted octanol–water partition coefficient (Wildman–Crippen LogP) is 10.1. The van der Waals surface area contributed by atoms with Crippen LogP contribution in [0.2, 0.25) is 0 Å². The van der Waals surface area contributed by atoms with Gasteiger partial charge in [-0.3, -0.25) is 0 Å². The van der Waals surface area contributed by atoms with E-state index in [1.807, 2.05) is 0 Å². The molecule has 0 radical (unpaired) electrons. The molecule has 0 aliphatic carbocycles. The van der Waals surface area contributed by atoms with Gasteiger partial charge in [0.1, 0.15) is 0 Å². The van der Waals surface area contributed by atoms with Gasteiger partial charge < -0.3 is 0 Å². The van der Waals surface area contributed by atoms with Gasteiger partial charge in [0.25, 0.3) is 0 Å². The lowest BCUT2D eigenvalue weighted by Gasteiger charge is -2.15. The van der Waals surface area contributed by atoms with Crippen molar-refractivity contribution in [1.82, 2.24) is 0 Å². The van der Waals surface area contributed by atoms with E-state index in [-0.39, 0.29) is 0 Å². The Morgan fingerprint density at radius 3 is 1.69 bits per heavy atom. The molecule has 168 valence electrons. The van der Waals surface area contributed by atoms with Crippen LogP contribution in [0.15, 0.2) is 146 Å². The molecule has 0 bridgehead atoms. The zero-order chi connectivity index (χ0) is 23.9. The van der Waals surface area contributed by atoms with E-state index in [1.54, 1.807) is 0 Å². The lowest BCUT2D eigenvalue weighted by Crippen LogP contribution is -1.89. The van der Waals surface area contributed by atoms with Gasteiger partial charge in [-0.15, -0.1) is 0 Å². The third-order valence-corrected chi connectivity index (χ3v) is 7.24. The Bertz CT molecular complexity index is 1880. The van der Waals surface area contributed by atoms with E-state index in [0.717, 1.165) is 0 Å². The summed E-state index contributed by atoms with van der Waals surface area (Å²) in [4.78, 5) is 0. The average Bonchev–Trinajstić information content (AvgIpc) is 2.96. The Balaban J connectivity index is 1.44. The fraction of sp³-hybridized carbons (Fsp3) is 0. The molecule has 0 spiro atoms. The summed E-state index contributed by atoms with van der Waals surface area (Å²) in [6.45, 7) is 0. The van der Waals surface area contributed by atoms with Crippen LogP contribution in [0, 0.1) is 0 Å². The van der Waals surface area contributed by atoms with Gasteiger partial charge in [0, 0.05) is 0 Å². The molecule has 0 heteroatoms. The van der Waals surface area contributed by atoms with Crippen molar-refractivity contribution in [2.45, 2.75) is 0 Å². The molecule has 7 aromatic rings. The maximum absolute atomic E-state index is 2.35. The van der Waals surface area contributed by atoms with Gasteiger partial charge >= 0.3 is 0 Å². The van der Waals surface area contributed by atoms with Crippen molar-refractivity contribution in [1.29, 1.82) is 0 Å². The summed E-state index contributed by atoms with van der Waals surface area (Å²) < 4.78 is 0. The second kappa shape index (κ2) is 8.52. The quantitative estimate of drug-likeness (QED) is 0.232. The van der Waals surface area contributed by atoms with Gasteiger partial charge in [-0.25, -0.2) is 0 Å². The highest BCUT2D eigenvalue weighted by Crippen LogP contribution is 2.40. The molecule has 0 aliphatic heterocycles. The van der Waals surface area contributed by atoms with Crippen LogP contribution in [0.5, 0.6) is 0 Å². The van der Waals surface area contributed by atoms with Crippen LogP contribution in [-0.4, -0.2) is 0 Å². The Morgan fingerprint density at radius 2 is 0.861 bits per heavy atom. The molecule has 0 aromatic heterocycles. The molecule has 0 unspecified atom stereocenters. The van der Waals surface area contributed by atoms with E-state index < -0.39 is 0 Å². The van der Waals surface area contributed by atoms with E-state index in [1.165, 1.54) is 65.7 Å². The predicted molar refractivity (Wildman–Crippen MR) is 155 cm³/mol. The van der Waals surface area contributed by atoms with Crippen LogP contribution in [0.1, 0.15) is 0 Å². The summed E-state index contributed by atoms with van der Waals surface area (Å²) in [6.07, 6.45) is 0. The van der Waals surface area contributed by atoms with Crippen LogP contribution in [0.25, 0.3) is 65.7 Å². The van der Waals surface area contributed by atoms with Crippen LogP contribution in [0.4, 0.5) is 0 Å². The van der Waals surface area contributed by atoms with Gasteiger partial charge in [0.15, 0.2) is 0 Å². The van der Waals surface area contributed by atoms with Gasteiger partial charge in [0.2, 0.25) is 0 Å². The highest BCUT2D eigenvalue weighted by Gasteiger charge is 2.13. The van der Waals surface area contributed by atoms with Crippen molar-refractivity contribution in [2.24, 2.45) is 0 Å². The van der Waals surface area contributed by atoms with Gasteiger partial charge in [-0.05, 0) is 83.9 Å². The van der Waals surface area contributed by atoms with Crippen molar-refractivity contribution in [3.05, 3.63) is 146 Å². The van der Waals surface area contributed by atoms with Crippen LogP contribution >= 0.6 is 0 Å². The Morgan fingerprint density at radius 1 is 0.250 bits per heavy atom. The molecule has 0 fully saturated rings. The molecule has 0 nitrogen and oxygen atoms in total. The third kappa shape index (κ3) is 3.47. The fourth-order valence-corrected chi connectivity index (χ4v) is 5.47. The van der Waals surface area contributed by atoms with E-state index in [4.69, 9.17) is 0 Å². The Hall–Kier alpha value is -4.68. The Labute approximate surface area is 211 Å². The molecule has 7 aromatic carbocycles.